The van der Waals surface area contributed by atoms with Gasteiger partial charge in [0.25, 0.3) is 0 Å². The van der Waals surface area contributed by atoms with Gasteiger partial charge in [0, 0.05) is 435 Å². The van der Waals surface area contributed by atoms with Crippen LogP contribution in [0.2, 0.25) is 0 Å². The lowest BCUT2D eigenvalue weighted by molar-refractivity contribution is -0.134. The van der Waals surface area contributed by atoms with Crippen LogP contribution in [-0.4, -0.2) is 582 Å². The van der Waals surface area contributed by atoms with Crippen LogP contribution in [0.15, 0.2) is 0 Å². The predicted octanol–water partition coefficient (Wildman–Crippen LogP) is 11.1. The fourth-order valence-corrected chi connectivity index (χ4v) is 21.8. The second-order valence-electron chi connectivity index (χ2n) is 49.3. The molecule has 890 valence electrons. The molecule has 4 amide bonds. The number of nitrogens with one attached hydrogen (secondary N) is 6. The van der Waals surface area contributed by atoms with Gasteiger partial charge in [-0.15, -0.1) is 0 Å². The molecule has 14 heterocycles. The molecular formula is C119H255N27O4. The van der Waals surface area contributed by atoms with Crippen molar-refractivity contribution in [3.63, 3.8) is 0 Å². The van der Waals surface area contributed by atoms with Gasteiger partial charge in [-0.25, -0.2) is 0 Å². The van der Waals surface area contributed by atoms with Gasteiger partial charge in [-0.2, -0.15) is 0 Å². The van der Waals surface area contributed by atoms with Crippen molar-refractivity contribution in [1.29, 1.82) is 0 Å². The van der Waals surface area contributed by atoms with Crippen LogP contribution in [0.1, 0.15) is 301 Å². The molecule has 14 fully saturated rings. The third kappa shape index (κ3) is 61.5. The maximum Gasteiger partial charge on any atom is 0.234 e. The molecule has 31 heteroatoms. The highest BCUT2D eigenvalue weighted by molar-refractivity contribution is 5.79. The highest BCUT2D eigenvalue weighted by atomic mass is 16.2. The predicted molar refractivity (Wildman–Crippen MR) is 646 cm³/mol. The maximum atomic E-state index is 12.2. The molecule has 0 aliphatic carbocycles. The first kappa shape index (κ1) is 143. The summed E-state index contributed by atoms with van der Waals surface area (Å²) in [6, 6.07) is 13.7. The van der Waals surface area contributed by atoms with Gasteiger partial charge in [0.1, 0.15) is 0 Å². The molecule has 14 aliphatic heterocycles. The standard InChI is InChI=1S/C15H29N3O.C10H20N2O.2C10H22N2.C9H18N2O.3C9H20N2.3C8H18N2.C7H14N2O.C7H16N2/c1-14(2)17-10-12-18(13-11-17)15(19)6-9-16-7-4-3-5-8-16;1-4-10(13)12-7-5-11(6-8-12)9(2)3;1-9(2)11-5-7-12(8-6-11)10(3)4;1-5-10-8-11(4)6-7-12(10)9(2)3;1-8(2)10-4-6-11(7-5-10)9(3)12;1-7(2)11-6-8(3)10-5-9(11)4;1-4-10-5-7-11(8-6-10)9(2)3;1-4-9-7-11(8(2)3)6-5-10-9;1-8(2)10-6-4-9(3)5-7-10;1-7(2)10-5-4-9-8(3)6-10;1-7(2)10-5-4-9-6-8(10)3;1-6(2)9-4-3-8-7(10)5-9;1-7(2)9-5-3-8-4-6-9/h14H,3-13H2,1-2H3;9H,4-8H2,1-3H3;2*9-10H,5-8H2,1-4H3;8H,4-7H2,1-3H3;7-10H,5-6H2,1-4H3;9H,4-8H2,1-3H3;8-10H,4-7H2,1-3H3;8H,4-7H2,1-3H3;2*7-9H,4-6H2,1-3H3;6H,3-5H2,1-2H3,(H,8,10);7-8H,3-6H2,1-2H3/t;;;;;8-,9+;;;;;;;/m.....0......./s1. The first-order valence-electron chi connectivity index (χ1n) is 61.8. The van der Waals surface area contributed by atoms with E-state index >= 15 is 0 Å². The summed E-state index contributed by atoms with van der Waals surface area (Å²) in [4.78, 5) is 96.0. The van der Waals surface area contributed by atoms with Crippen molar-refractivity contribution in [3.8, 4) is 0 Å². The fraction of sp³-hybridized carbons (Fsp3) is 0.966. The third-order valence-corrected chi connectivity index (χ3v) is 33.2. The number of likely N-dealkylation sites (N-methyl/N-ethyl adjacent to an activating group) is 3. The number of carbonyl (C=O) groups excluding carboxylic acids is 4. The van der Waals surface area contributed by atoms with Gasteiger partial charge < -0.3 is 66.2 Å². The monoisotopic (exact) mass is 2130 g/mol. The summed E-state index contributed by atoms with van der Waals surface area (Å²) in [5.74, 6) is 1.01. The lowest BCUT2D eigenvalue weighted by Crippen LogP contribution is -2.56. The average molecular weight is 2130 g/mol. The van der Waals surface area contributed by atoms with E-state index in [0.29, 0.717) is 110 Å². The summed E-state index contributed by atoms with van der Waals surface area (Å²) in [6.07, 6.45) is 7.86. The highest BCUT2D eigenvalue weighted by Crippen LogP contribution is 2.20. The zero-order valence-electron chi connectivity index (χ0n) is 106. The molecule has 4 unspecified atom stereocenters. The van der Waals surface area contributed by atoms with Crippen molar-refractivity contribution in [2.24, 2.45) is 0 Å². The summed E-state index contributed by atoms with van der Waals surface area (Å²) in [6.45, 7) is 137. The van der Waals surface area contributed by atoms with E-state index in [-0.39, 0.29) is 11.8 Å². The maximum absolute atomic E-state index is 12.2. The zero-order valence-corrected chi connectivity index (χ0v) is 106. The van der Waals surface area contributed by atoms with Crippen LogP contribution >= 0.6 is 0 Å². The van der Waals surface area contributed by atoms with Gasteiger partial charge in [-0.3, -0.25) is 87.8 Å². The van der Waals surface area contributed by atoms with E-state index in [4.69, 9.17) is 0 Å². The first-order chi connectivity index (χ1) is 70.9. The molecule has 0 saturated carbocycles. The molecule has 31 nitrogen and oxygen atoms in total. The first-order valence-corrected chi connectivity index (χ1v) is 61.8. The summed E-state index contributed by atoms with van der Waals surface area (Å²) in [5.41, 5.74) is 0. The van der Waals surface area contributed by atoms with E-state index < -0.39 is 0 Å². The van der Waals surface area contributed by atoms with E-state index in [0.717, 1.165) is 186 Å². The number of rotatable bonds is 21. The largest absolute Gasteiger partial charge is 0.354 e. The molecule has 150 heavy (non-hydrogen) atoms. The second-order valence-corrected chi connectivity index (χ2v) is 49.3. The number of hydrogen-bond donors (Lipinski definition) is 6. The van der Waals surface area contributed by atoms with Gasteiger partial charge in [-0.1, -0.05) is 34.1 Å². The van der Waals surface area contributed by atoms with Crippen LogP contribution in [-0.2, 0) is 19.2 Å². The molecule has 0 bridgehead atoms. The lowest BCUT2D eigenvalue weighted by Gasteiger charge is -2.42. The summed E-state index contributed by atoms with van der Waals surface area (Å²) >= 11 is 0. The Balaban J connectivity index is 0.000000551. The Kier molecular flexibility index (Phi) is 77.7. The van der Waals surface area contributed by atoms with Crippen LogP contribution in [0.5, 0.6) is 0 Å². The highest BCUT2D eigenvalue weighted by Gasteiger charge is 2.32. The van der Waals surface area contributed by atoms with Gasteiger partial charge in [0.2, 0.25) is 23.6 Å². The molecule has 6 N–H and O–H groups in total. The van der Waals surface area contributed by atoms with E-state index in [2.05, 4.69) is 381 Å². The van der Waals surface area contributed by atoms with Gasteiger partial charge in [0.05, 0.1) is 6.54 Å². The second kappa shape index (κ2) is 81.5. The topological polar surface area (TPSA) is 209 Å². The quantitative estimate of drug-likeness (QED) is 0.0631. The molecule has 0 radical (unpaired) electrons. The van der Waals surface area contributed by atoms with E-state index in [1.165, 1.54) is 202 Å². The minimum atomic E-state index is 0.153. The molecule has 6 atom stereocenters. The Bertz CT molecular complexity index is 3230. The summed E-state index contributed by atoms with van der Waals surface area (Å²) in [7, 11) is 4.41. The normalized spacial score (nSPS) is 24.9. The van der Waals surface area contributed by atoms with Crippen molar-refractivity contribution in [3.05, 3.63) is 0 Å². The summed E-state index contributed by atoms with van der Waals surface area (Å²) in [5, 5.41) is 19.9. The zero-order chi connectivity index (χ0) is 113. The summed E-state index contributed by atoms with van der Waals surface area (Å²) < 4.78 is 0. The number of carbonyl (C=O) groups is 4. The molecule has 14 saturated heterocycles. The Morgan fingerprint density at radius 2 is 0.653 bits per heavy atom. The fourth-order valence-electron chi connectivity index (χ4n) is 21.8. The Hall–Kier alpha value is -3.04. The molecule has 14 rings (SSSR count). The number of nitrogens with zero attached hydrogens (tertiary/aromatic N) is 21. The molecular weight excluding hydrogens is 1870 g/mol. The SMILES string of the molecule is CC(=O)N1CCN(C(C)C)CC1.CC(C)N1CCN(C(=O)CCN2CCCCC2)CC1.CC(C)N1CCN(C(C)C)CC1.CC(C)N1CCN(C)CC1.CC(C)N1CCNC(=O)C1.CC(C)N1CCNCC1.CC(C)N1CCNCC1C.CC(C)N1C[C@H](C)NC[C@H]1C.CC1CN(C(C)C)CCN1.CCC(=O)N1CCN(C(C)C)CC1.CCC1CN(C(C)C)CCN1.CCC1CN(C)CCN1C(C)C.CCN1CCN(C(C)C)CC1. The van der Waals surface area contributed by atoms with Crippen molar-refractivity contribution in [1.82, 2.24) is 135 Å². The lowest BCUT2D eigenvalue weighted by atomic mass is 10.1. The molecule has 0 aromatic rings. The van der Waals surface area contributed by atoms with Crippen LogP contribution in [0, 0.1) is 0 Å². The van der Waals surface area contributed by atoms with Crippen molar-refractivity contribution >= 4 is 23.6 Å². The van der Waals surface area contributed by atoms with Gasteiger partial charge in [0.15, 0.2) is 0 Å². The van der Waals surface area contributed by atoms with Crippen molar-refractivity contribution in [2.45, 2.75) is 422 Å². The van der Waals surface area contributed by atoms with Crippen LogP contribution < -0.4 is 31.9 Å². The van der Waals surface area contributed by atoms with E-state index in [9.17, 15) is 19.2 Å². The van der Waals surface area contributed by atoms with Crippen LogP contribution in [0.4, 0.5) is 0 Å². The number of piperidine rings is 1. The number of likely N-dealkylation sites (tertiary alicyclic amines) is 1. The van der Waals surface area contributed by atoms with Crippen LogP contribution in [0.25, 0.3) is 0 Å². The molecule has 14 aliphatic rings. The van der Waals surface area contributed by atoms with Gasteiger partial charge in [-0.05, 0) is 281 Å². The molecule has 0 spiro atoms. The van der Waals surface area contributed by atoms with Gasteiger partial charge >= 0.3 is 0 Å². The molecule has 0 aromatic carbocycles. The Morgan fingerprint density at radius 3 is 1.01 bits per heavy atom. The Labute approximate surface area is 929 Å². The molecule has 0 aromatic heterocycles. The van der Waals surface area contributed by atoms with Crippen molar-refractivity contribution in [2.75, 3.05) is 335 Å². The third-order valence-electron chi connectivity index (χ3n) is 33.2. The van der Waals surface area contributed by atoms with Crippen LogP contribution in [0.3, 0.4) is 0 Å². The number of amides is 4. The Morgan fingerprint density at radius 1 is 0.293 bits per heavy atom. The number of hydrogen-bond acceptors (Lipinski definition) is 27. The smallest absolute Gasteiger partial charge is 0.234 e. The van der Waals surface area contributed by atoms with E-state index in [1.54, 1.807) is 6.92 Å². The van der Waals surface area contributed by atoms with E-state index in [1.807, 2.05) is 16.7 Å². The number of piperazine rings is 13. The van der Waals surface area contributed by atoms with Crippen molar-refractivity contribution < 1.29 is 19.2 Å². The minimum Gasteiger partial charge on any atom is -0.354 e. The average Bonchev–Trinajstić information content (AvgIpc) is 0.849. The minimum absolute atomic E-state index is 0.153.